The first-order chi connectivity index (χ1) is 10.6. The standard InChI is InChI=1S/C15H12N2O5/c1-2-21-12-7-9(17(19)20)8-13-14(12)15(18)16-10-5-3-4-6-11(10)22-13/h3-8H,2H2,1H3,(H-,16,18,19,20)/p+1. The Labute approximate surface area is 125 Å². The van der Waals surface area contributed by atoms with E-state index in [0.717, 1.165) is 0 Å². The first kappa shape index (κ1) is 13.9. The average molecular weight is 301 g/mol. The Morgan fingerprint density at radius 2 is 2.05 bits per heavy atom. The van der Waals surface area contributed by atoms with Crippen LogP contribution in [-0.2, 0) is 0 Å². The lowest BCUT2D eigenvalue weighted by atomic mass is 10.1. The van der Waals surface area contributed by atoms with E-state index in [0.29, 0.717) is 18.0 Å². The summed E-state index contributed by atoms with van der Waals surface area (Å²) in [6.45, 7) is 2.04. The van der Waals surface area contributed by atoms with Gasteiger partial charge in [-0.05, 0) is 19.1 Å². The number of carbonyl (C=O) groups excluding carboxylic acids is 1. The van der Waals surface area contributed by atoms with Crippen molar-refractivity contribution < 1.29 is 24.4 Å². The Kier molecular flexibility index (Phi) is 3.38. The predicted octanol–water partition coefficient (Wildman–Crippen LogP) is 3.24. The van der Waals surface area contributed by atoms with Crippen LogP contribution in [0.25, 0.3) is 0 Å². The third-order valence-electron chi connectivity index (χ3n) is 3.15. The van der Waals surface area contributed by atoms with Gasteiger partial charge in [0.2, 0.25) is 0 Å². The Bertz CT molecular complexity index is 773. The normalized spacial score (nSPS) is 12.3. The molecule has 1 heterocycles. The molecule has 0 saturated carbocycles. The summed E-state index contributed by atoms with van der Waals surface area (Å²) in [6, 6.07) is 9.48. The number of hydrogen-bond donors (Lipinski definition) is 2. The van der Waals surface area contributed by atoms with Crippen molar-refractivity contribution >= 4 is 17.3 Å². The zero-order chi connectivity index (χ0) is 15.7. The minimum Gasteiger partial charge on any atom is -0.493 e. The lowest BCUT2D eigenvalue weighted by Gasteiger charge is -2.10. The highest BCUT2D eigenvalue weighted by Crippen LogP contribution is 2.41. The summed E-state index contributed by atoms with van der Waals surface area (Å²) in [6.07, 6.45) is 0. The number of ether oxygens (including phenoxy) is 2. The third-order valence-corrected chi connectivity index (χ3v) is 3.15. The van der Waals surface area contributed by atoms with E-state index in [2.05, 4.69) is 5.32 Å². The van der Waals surface area contributed by atoms with Crippen molar-refractivity contribution in [1.82, 2.24) is 0 Å². The topological polar surface area (TPSA) is 87.9 Å². The van der Waals surface area contributed by atoms with E-state index in [4.69, 9.17) is 14.7 Å². The first-order valence-corrected chi connectivity index (χ1v) is 6.65. The Hall–Kier alpha value is -3.09. The molecule has 7 heteroatoms. The molecule has 0 saturated heterocycles. The molecule has 3 rings (SSSR count). The molecular weight excluding hydrogens is 288 g/mol. The van der Waals surface area contributed by atoms with Crippen molar-refractivity contribution in [2.75, 3.05) is 11.9 Å². The number of fused-ring (bicyclic) bond motifs is 2. The fourth-order valence-electron chi connectivity index (χ4n) is 2.22. The van der Waals surface area contributed by atoms with Gasteiger partial charge in [-0.3, -0.25) is 4.79 Å². The van der Waals surface area contributed by atoms with Gasteiger partial charge in [0.15, 0.2) is 11.5 Å². The van der Waals surface area contributed by atoms with Gasteiger partial charge in [-0.1, -0.05) is 12.1 Å². The van der Waals surface area contributed by atoms with Crippen LogP contribution in [0.1, 0.15) is 17.3 Å². The van der Waals surface area contributed by atoms with Gasteiger partial charge in [-0.2, -0.15) is 0 Å². The zero-order valence-electron chi connectivity index (χ0n) is 11.7. The third kappa shape index (κ3) is 2.32. The molecule has 1 aliphatic rings. The van der Waals surface area contributed by atoms with Crippen LogP contribution in [0.2, 0.25) is 0 Å². The predicted molar refractivity (Wildman–Crippen MR) is 77.2 cm³/mol. The summed E-state index contributed by atoms with van der Waals surface area (Å²) in [4.78, 5) is 23.3. The second kappa shape index (κ2) is 5.36. The fraction of sp³-hybridized carbons (Fsp3) is 0.133. The zero-order valence-corrected chi connectivity index (χ0v) is 11.7. The summed E-state index contributed by atoms with van der Waals surface area (Å²) >= 11 is 0. The molecule has 0 fully saturated rings. The number of anilines is 1. The Balaban J connectivity index is 2.20. The minimum atomic E-state index is -0.412. The number of para-hydroxylation sites is 2. The molecule has 0 unspecified atom stereocenters. The maximum Gasteiger partial charge on any atom is 0.324 e. The minimum absolute atomic E-state index is 0.0885. The summed E-state index contributed by atoms with van der Waals surface area (Å²) < 4.78 is 11.1. The highest BCUT2D eigenvalue weighted by Gasteiger charge is 2.29. The second-order valence-electron chi connectivity index (χ2n) is 4.58. The summed E-state index contributed by atoms with van der Waals surface area (Å²) in [5, 5.41) is 11.8. The monoisotopic (exact) mass is 301 g/mol. The molecule has 0 radical (unpaired) electrons. The molecule has 0 atom stereocenters. The van der Waals surface area contributed by atoms with Crippen LogP contribution in [-0.4, -0.2) is 22.6 Å². The second-order valence-corrected chi connectivity index (χ2v) is 4.58. The van der Waals surface area contributed by atoms with Crippen LogP contribution >= 0.6 is 0 Å². The van der Waals surface area contributed by atoms with Crippen molar-refractivity contribution in [3.05, 3.63) is 46.9 Å². The number of amides is 1. The largest absolute Gasteiger partial charge is 0.493 e. The number of benzene rings is 2. The number of nitrogens with zero attached hydrogens (tertiary/aromatic N) is 1. The summed E-state index contributed by atoms with van der Waals surface area (Å²) in [5.41, 5.74) is 0.591. The molecule has 0 aliphatic carbocycles. The quantitative estimate of drug-likeness (QED) is 0.850. The number of hydrogen-bond acceptors (Lipinski definition) is 4. The van der Waals surface area contributed by atoms with Crippen molar-refractivity contribution in [3.63, 3.8) is 0 Å². The van der Waals surface area contributed by atoms with Crippen LogP contribution in [0.5, 0.6) is 17.2 Å². The van der Waals surface area contributed by atoms with Crippen LogP contribution in [0, 0.1) is 4.91 Å². The summed E-state index contributed by atoms with van der Waals surface area (Å²) in [7, 11) is 0. The number of carbonyl (C=O) groups is 1. The fourth-order valence-corrected chi connectivity index (χ4v) is 2.22. The smallest absolute Gasteiger partial charge is 0.324 e. The van der Waals surface area contributed by atoms with E-state index >= 15 is 0 Å². The summed E-state index contributed by atoms with van der Waals surface area (Å²) in [5.74, 6) is 0.323. The van der Waals surface area contributed by atoms with Gasteiger partial charge in [0.25, 0.3) is 10.8 Å². The molecule has 7 nitrogen and oxygen atoms in total. The van der Waals surface area contributed by atoms with E-state index in [1.54, 1.807) is 31.2 Å². The number of nitrogens with one attached hydrogen (secondary N) is 1. The Morgan fingerprint density at radius 3 is 2.77 bits per heavy atom. The molecule has 0 aromatic heterocycles. The molecular formula is C15H13N2O5+. The lowest BCUT2D eigenvalue weighted by Crippen LogP contribution is -2.13. The first-order valence-electron chi connectivity index (χ1n) is 6.65. The molecule has 2 aromatic rings. The SMILES string of the molecule is CCOc1cc([N+](=O)O)cc2c1C(=O)Nc1ccccc1O2. The maximum absolute atomic E-state index is 12.4. The molecule has 22 heavy (non-hydrogen) atoms. The maximum atomic E-state index is 12.4. The van der Waals surface area contributed by atoms with Crippen LogP contribution in [0.15, 0.2) is 36.4 Å². The Morgan fingerprint density at radius 1 is 1.27 bits per heavy atom. The van der Waals surface area contributed by atoms with E-state index in [1.807, 2.05) is 0 Å². The van der Waals surface area contributed by atoms with Gasteiger partial charge in [-0.25, -0.2) is 5.21 Å². The molecule has 0 spiro atoms. The van der Waals surface area contributed by atoms with Gasteiger partial charge in [0.05, 0.1) is 29.3 Å². The molecule has 0 bridgehead atoms. The highest BCUT2D eigenvalue weighted by molar-refractivity contribution is 6.10. The molecule has 1 amide bonds. The van der Waals surface area contributed by atoms with E-state index in [-0.39, 0.29) is 27.7 Å². The van der Waals surface area contributed by atoms with E-state index < -0.39 is 5.91 Å². The van der Waals surface area contributed by atoms with Gasteiger partial charge in [0, 0.05) is 0 Å². The number of rotatable bonds is 3. The van der Waals surface area contributed by atoms with Crippen molar-refractivity contribution in [1.29, 1.82) is 0 Å². The van der Waals surface area contributed by atoms with Crippen LogP contribution < -0.4 is 14.8 Å². The van der Waals surface area contributed by atoms with Gasteiger partial charge in [0.1, 0.15) is 11.3 Å². The van der Waals surface area contributed by atoms with Gasteiger partial charge < -0.3 is 14.8 Å². The molecule has 2 N–H and O–H groups in total. The molecule has 1 aliphatic heterocycles. The van der Waals surface area contributed by atoms with Crippen molar-refractivity contribution in [2.24, 2.45) is 0 Å². The average Bonchev–Trinajstić information content (AvgIpc) is 2.63. The van der Waals surface area contributed by atoms with Crippen molar-refractivity contribution in [2.45, 2.75) is 6.92 Å². The van der Waals surface area contributed by atoms with Crippen molar-refractivity contribution in [3.8, 4) is 17.2 Å². The molecule has 2 aromatic carbocycles. The lowest BCUT2D eigenvalue weighted by molar-refractivity contribution is -0.729. The van der Waals surface area contributed by atoms with E-state index in [9.17, 15) is 9.70 Å². The van der Waals surface area contributed by atoms with Crippen LogP contribution in [0.4, 0.5) is 11.4 Å². The van der Waals surface area contributed by atoms with Gasteiger partial charge >= 0.3 is 5.69 Å². The van der Waals surface area contributed by atoms with Crippen LogP contribution in [0.3, 0.4) is 0 Å². The highest BCUT2D eigenvalue weighted by atomic mass is 16.6. The van der Waals surface area contributed by atoms with E-state index in [1.165, 1.54) is 12.1 Å². The molecule has 112 valence electrons. The van der Waals surface area contributed by atoms with Gasteiger partial charge in [-0.15, -0.1) is 0 Å².